The number of carbonyl (C=O) groups is 1. The molecule has 0 aliphatic rings. The molecule has 2 N–H and O–H groups in total. The van der Waals surface area contributed by atoms with Crippen molar-refractivity contribution in [3.05, 3.63) is 78.8 Å². The van der Waals surface area contributed by atoms with Crippen LogP contribution in [0.4, 0.5) is 5.69 Å². The van der Waals surface area contributed by atoms with Crippen molar-refractivity contribution < 1.29 is 4.79 Å². The Morgan fingerprint density at radius 2 is 1.75 bits per heavy atom. The van der Waals surface area contributed by atoms with E-state index in [4.69, 9.17) is 0 Å². The van der Waals surface area contributed by atoms with Crippen molar-refractivity contribution in [2.75, 3.05) is 5.32 Å². The SMILES string of the molecule is O=C(Nc1cccc2cccnc12)c1ccc(-c2ncc[nH]2)cc1. The van der Waals surface area contributed by atoms with Gasteiger partial charge in [0.05, 0.1) is 11.2 Å². The summed E-state index contributed by atoms with van der Waals surface area (Å²) in [5.41, 5.74) is 3.00. The number of imidazole rings is 1. The third-order valence-electron chi connectivity index (χ3n) is 3.80. The van der Waals surface area contributed by atoms with Gasteiger partial charge in [0.2, 0.25) is 0 Å². The van der Waals surface area contributed by atoms with E-state index in [9.17, 15) is 4.79 Å². The van der Waals surface area contributed by atoms with E-state index in [1.54, 1.807) is 30.7 Å². The second-order valence-corrected chi connectivity index (χ2v) is 5.35. The van der Waals surface area contributed by atoms with Gasteiger partial charge in [-0.05, 0) is 24.3 Å². The molecule has 4 rings (SSSR count). The van der Waals surface area contributed by atoms with Crippen molar-refractivity contribution in [1.29, 1.82) is 0 Å². The van der Waals surface area contributed by atoms with Crippen molar-refractivity contribution >= 4 is 22.5 Å². The van der Waals surface area contributed by atoms with Crippen LogP contribution in [0.1, 0.15) is 10.4 Å². The third kappa shape index (κ3) is 2.63. The maximum atomic E-state index is 12.5. The summed E-state index contributed by atoms with van der Waals surface area (Å²) >= 11 is 0. The molecule has 116 valence electrons. The van der Waals surface area contributed by atoms with Gasteiger partial charge in [0.1, 0.15) is 5.82 Å². The molecule has 0 radical (unpaired) electrons. The molecule has 5 nitrogen and oxygen atoms in total. The summed E-state index contributed by atoms with van der Waals surface area (Å²) in [6, 6.07) is 16.9. The lowest BCUT2D eigenvalue weighted by Crippen LogP contribution is -2.12. The first-order valence-electron chi connectivity index (χ1n) is 7.56. The van der Waals surface area contributed by atoms with E-state index < -0.39 is 0 Å². The molecule has 0 bridgehead atoms. The first kappa shape index (κ1) is 14.1. The molecule has 5 heteroatoms. The summed E-state index contributed by atoms with van der Waals surface area (Å²) in [4.78, 5) is 24.1. The Bertz CT molecular complexity index is 986. The van der Waals surface area contributed by atoms with Gasteiger partial charge in [0.15, 0.2) is 0 Å². The highest BCUT2D eigenvalue weighted by molar-refractivity contribution is 6.08. The molecule has 0 atom stereocenters. The predicted octanol–water partition coefficient (Wildman–Crippen LogP) is 3.88. The summed E-state index contributed by atoms with van der Waals surface area (Å²) in [5, 5.41) is 3.92. The van der Waals surface area contributed by atoms with Crippen LogP contribution in [0.5, 0.6) is 0 Å². The molecule has 2 aromatic carbocycles. The molecule has 24 heavy (non-hydrogen) atoms. The number of nitrogens with one attached hydrogen (secondary N) is 2. The van der Waals surface area contributed by atoms with E-state index in [2.05, 4.69) is 20.3 Å². The van der Waals surface area contributed by atoms with E-state index in [-0.39, 0.29) is 5.91 Å². The maximum absolute atomic E-state index is 12.5. The highest BCUT2D eigenvalue weighted by Crippen LogP contribution is 2.22. The van der Waals surface area contributed by atoms with Crippen LogP contribution in [-0.2, 0) is 0 Å². The van der Waals surface area contributed by atoms with Gasteiger partial charge in [-0.1, -0.05) is 30.3 Å². The molecule has 0 saturated carbocycles. The predicted molar refractivity (Wildman–Crippen MR) is 93.7 cm³/mol. The summed E-state index contributed by atoms with van der Waals surface area (Å²) in [6.07, 6.45) is 5.18. The molecular weight excluding hydrogens is 300 g/mol. The van der Waals surface area contributed by atoms with E-state index in [0.717, 1.165) is 22.3 Å². The second kappa shape index (κ2) is 5.96. The van der Waals surface area contributed by atoms with E-state index in [1.165, 1.54) is 0 Å². The Kier molecular flexibility index (Phi) is 3.51. The molecule has 0 aliphatic heterocycles. The smallest absolute Gasteiger partial charge is 0.255 e. The molecule has 4 aromatic rings. The quantitative estimate of drug-likeness (QED) is 0.603. The minimum atomic E-state index is -0.167. The summed E-state index contributed by atoms with van der Waals surface area (Å²) < 4.78 is 0. The molecule has 0 saturated heterocycles. The zero-order valence-corrected chi connectivity index (χ0v) is 12.7. The lowest BCUT2D eigenvalue weighted by atomic mass is 10.1. The van der Waals surface area contributed by atoms with Crippen molar-refractivity contribution in [3.8, 4) is 11.4 Å². The number of H-pyrrole nitrogens is 1. The maximum Gasteiger partial charge on any atom is 0.255 e. The molecule has 0 aliphatic carbocycles. The number of nitrogens with zero attached hydrogens (tertiary/aromatic N) is 2. The Labute approximate surface area is 138 Å². The fourth-order valence-electron chi connectivity index (χ4n) is 2.60. The summed E-state index contributed by atoms with van der Waals surface area (Å²) in [6.45, 7) is 0. The van der Waals surface area contributed by atoms with Gasteiger partial charge < -0.3 is 10.3 Å². The molecule has 0 unspecified atom stereocenters. The number of hydrogen-bond donors (Lipinski definition) is 2. The topological polar surface area (TPSA) is 70.7 Å². The van der Waals surface area contributed by atoms with Gasteiger partial charge in [0.25, 0.3) is 5.91 Å². The van der Waals surface area contributed by atoms with Crippen LogP contribution in [0.15, 0.2) is 73.2 Å². The van der Waals surface area contributed by atoms with Gasteiger partial charge in [-0.3, -0.25) is 9.78 Å². The minimum Gasteiger partial charge on any atom is -0.345 e. The molecule has 2 heterocycles. The molecular formula is C19H14N4O. The number of aromatic nitrogens is 3. The number of fused-ring (bicyclic) bond motifs is 1. The highest BCUT2D eigenvalue weighted by Gasteiger charge is 2.09. The Balaban J connectivity index is 1.60. The average molecular weight is 314 g/mol. The van der Waals surface area contributed by atoms with Gasteiger partial charge in [-0.25, -0.2) is 4.98 Å². The number of rotatable bonds is 3. The number of hydrogen-bond acceptors (Lipinski definition) is 3. The van der Waals surface area contributed by atoms with Gasteiger partial charge in [-0.2, -0.15) is 0 Å². The van der Waals surface area contributed by atoms with Gasteiger partial charge in [-0.15, -0.1) is 0 Å². The van der Waals surface area contributed by atoms with Gasteiger partial charge >= 0.3 is 0 Å². The monoisotopic (exact) mass is 314 g/mol. The number of benzene rings is 2. The standard InChI is InChI=1S/C19H14N4O/c24-19(15-8-6-14(7-9-15)18-21-11-12-22-18)23-16-5-1-3-13-4-2-10-20-17(13)16/h1-12H,(H,21,22)(H,23,24). The van der Waals surface area contributed by atoms with Gasteiger partial charge in [0, 0.05) is 35.1 Å². The Hall–Kier alpha value is -3.47. The first-order chi connectivity index (χ1) is 11.8. The van der Waals surface area contributed by atoms with Crippen molar-refractivity contribution in [2.24, 2.45) is 0 Å². The summed E-state index contributed by atoms with van der Waals surface area (Å²) in [5.74, 6) is 0.611. The van der Waals surface area contributed by atoms with Crippen LogP contribution in [0, 0.1) is 0 Å². The zero-order valence-electron chi connectivity index (χ0n) is 12.7. The normalized spacial score (nSPS) is 10.7. The van der Waals surface area contributed by atoms with E-state index in [0.29, 0.717) is 11.3 Å². The second-order valence-electron chi connectivity index (χ2n) is 5.35. The van der Waals surface area contributed by atoms with Crippen molar-refractivity contribution in [1.82, 2.24) is 15.0 Å². The number of carbonyl (C=O) groups excluding carboxylic acids is 1. The van der Waals surface area contributed by atoms with Crippen LogP contribution in [-0.4, -0.2) is 20.9 Å². The molecule has 1 amide bonds. The van der Waals surface area contributed by atoms with Crippen LogP contribution >= 0.6 is 0 Å². The largest absolute Gasteiger partial charge is 0.345 e. The van der Waals surface area contributed by atoms with Crippen LogP contribution < -0.4 is 5.32 Å². The lowest BCUT2D eigenvalue weighted by molar-refractivity contribution is 0.102. The average Bonchev–Trinajstić information content (AvgIpc) is 3.17. The minimum absolute atomic E-state index is 0.167. The van der Waals surface area contributed by atoms with Crippen LogP contribution in [0.3, 0.4) is 0 Å². The third-order valence-corrected chi connectivity index (χ3v) is 3.80. The number of anilines is 1. The molecule has 2 aromatic heterocycles. The lowest BCUT2D eigenvalue weighted by Gasteiger charge is -2.08. The number of amides is 1. The number of pyridine rings is 1. The van der Waals surface area contributed by atoms with E-state index >= 15 is 0 Å². The fourth-order valence-corrected chi connectivity index (χ4v) is 2.60. The van der Waals surface area contributed by atoms with Crippen molar-refractivity contribution in [2.45, 2.75) is 0 Å². The van der Waals surface area contributed by atoms with E-state index in [1.807, 2.05) is 42.5 Å². The summed E-state index contributed by atoms with van der Waals surface area (Å²) in [7, 11) is 0. The fraction of sp³-hybridized carbons (Fsp3) is 0. The molecule has 0 spiro atoms. The highest BCUT2D eigenvalue weighted by atomic mass is 16.1. The Morgan fingerprint density at radius 1 is 0.917 bits per heavy atom. The van der Waals surface area contributed by atoms with Crippen LogP contribution in [0.25, 0.3) is 22.3 Å². The number of aromatic amines is 1. The molecule has 0 fully saturated rings. The number of para-hydroxylation sites is 1. The first-order valence-corrected chi connectivity index (χ1v) is 7.56. The Morgan fingerprint density at radius 3 is 2.54 bits per heavy atom. The van der Waals surface area contributed by atoms with Crippen LogP contribution in [0.2, 0.25) is 0 Å². The van der Waals surface area contributed by atoms with Crippen molar-refractivity contribution in [3.63, 3.8) is 0 Å². The zero-order chi connectivity index (χ0) is 16.4.